The van der Waals surface area contributed by atoms with Gasteiger partial charge in [0.05, 0.1) is 32.5 Å². The molecular formula is C32H34N2O5. The molecule has 0 saturated heterocycles. The van der Waals surface area contributed by atoms with E-state index in [-0.39, 0.29) is 11.7 Å². The number of hydrogen-bond donors (Lipinski definition) is 1. The van der Waals surface area contributed by atoms with Crippen LogP contribution in [-0.4, -0.2) is 58.1 Å². The predicted octanol–water partition coefficient (Wildman–Crippen LogP) is 5.89. The fourth-order valence-corrected chi connectivity index (χ4v) is 4.62. The maximum atomic E-state index is 13.2. The third-order valence-corrected chi connectivity index (χ3v) is 6.71. The van der Waals surface area contributed by atoms with Crippen LogP contribution in [0.25, 0.3) is 11.6 Å². The minimum Gasteiger partial charge on any atom is -0.496 e. The summed E-state index contributed by atoms with van der Waals surface area (Å²) in [5.41, 5.74) is 5.17. The van der Waals surface area contributed by atoms with E-state index in [1.807, 2.05) is 31.2 Å². The Morgan fingerprint density at radius 1 is 0.923 bits per heavy atom. The first-order chi connectivity index (χ1) is 18.8. The Kier molecular flexibility index (Phi) is 8.84. The van der Waals surface area contributed by atoms with E-state index in [0.717, 1.165) is 36.2 Å². The third kappa shape index (κ3) is 6.38. The predicted molar refractivity (Wildman–Crippen MR) is 155 cm³/mol. The van der Waals surface area contributed by atoms with Gasteiger partial charge in [0.2, 0.25) is 0 Å². The van der Waals surface area contributed by atoms with Crippen LogP contribution in [0.15, 0.2) is 66.7 Å². The number of hydrogen-bond acceptors (Lipinski definition) is 6. The number of carbonyl (C=O) groups is 2. The van der Waals surface area contributed by atoms with Crippen molar-refractivity contribution in [1.29, 1.82) is 0 Å². The SMILES string of the molecule is COc1cc(OC)c(C2=CCN(C)CC2)c(OC)c1/C=C/C(=O)c1cccc(NC(=O)c2cccc(C)c2)c1. The molecule has 0 aromatic heterocycles. The highest BCUT2D eigenvalue weighted by atomic mass is 16.5. The van der Waals surface area contributed by atoms with Crippen molar-refractivity contribution in [1.82, 2.24) is 4.90 Å². The smallest absolute Gasteiger partial charge is 0.255 e. The molecule has 0 spiro atoms. The van der Waals surface area contributed by atoms with Gasteiger partial charge in [-0.05, 0) is 62.4 Å². The van der Waals surface area contributed by atoms with Crippen LogP contribution in [0.2, 0.25) is 0 Å². The van der Waals surface area contributed by atoms with Crippen molar-refractivity contribution >= 4 is 29.0 Å². The summed E-state index contributed by atoms with van der Waals surface area (Å²) >= 11 is 0. The van der Waals surface area contributed by atoms with Crippen molar-refractivity contribution in [3.8, 4) is 17.2 Å². The van der Waals surface area contributed by atoms with Gasteiger partial charge in [0.25, 0.3) is 5.91 Å². The molecule has 202 valence electrons. The van der Waals surface area contributed by atoms with Crippen LogP contribution in [0, 0.1) is 6.92 Å². The molecular weight excluding hydrogens is 492 g/mol. The van der Waals surface area contributed by atoms with Crippen LogP contribution in [-0.2, 0) is 0 Å². The number of likely N-dealkylation sites (N-methyl/N-ethyl adjacent to an activating group) is 1. The summed E-state index contributed by atoms with van der Waals surface area (Å²) in [6, 6.07) is 16.0. The van der Waals surface area contributed by atoms with E-state index >= 15 is 0 Å². The summed E-state index contributed by atoms with van der Waals surface area (Å²) in [7, 11) is 6.88. The molecule has 1 amide bonds. The molecule has 4 rings (SSSR count). The maximum absolute atomic E-state index is 13.2. The lowest BCUT2D eigenvalue weighted by molar-refractivity contribution is 0.102. The number of rotatable bonds is 9. The topological polar surface area (TPSA) is 77.1 Å². The Hall–Kier alpha value is -4.36. The second kappa shape index (κ2) is 12.5. The third-order valence-electron chi connectivity index (χ3n) is 6.71. The Balaban J connectivity index is 1.63. The lowest BCUT2D eigenvalue weighted by Gasteiger charge is -2.25. The molecule has 1 heterocycles. The number of carbonyl (C=O) groups excluding carboxylic acids is 2. The van der Waals surface area contributed by atoms with Crippen LogP contribution in [0.4, 0.5) is 5.69 Å². The van der Waals surface area contributed by atoms with Crippen LogP contribution in [0.1, 0.15) is 43.8 Å². The van der Waals surface area contributed by atoms with Gasteiger partial charge in [-0.2, -0.15) is 0 Å². The van der Waals surface area contributed by atoms with Gasteiger partial charge < -0.3 is 24.4 Å². The lowest BCUT2D eigenvalue weighted by atomic mass is 9.94. The second-order valence-corrected chi connectivity index (χ2v) is 9.45. The van der Waals surface area contributed by atoms with Gasteiger partial charge in [0.1, 0.15) is 17.2 Å². The summed E-state index contributed by atoms with van der Waals surface area (Å²) in [5, 5.41) is 2.87. The molecule has 1 aliphatic heterocycles. The molecule has 1 N–H and O–H groups in total. The van der Waals surface area contributed by atoms with E-state index in [1.54, 1.807) is 57.7 Å². The van der Waals surface area contributed by atoms with Crippen molar-refractivity contribution in [2.24, 2.45) is 0 Å². The Morgan fingerprint density at radius 2 is 1.67 bits per heavy atom. The van der Waals surface area contributed by atoms with Gasteiger partial charge in [0.15, 0.2) is 5.78 Å². The quantitative estimate of drug-likeness (QED) is 0.277. The largest absolute Gasteiger partial charge is 0.496 e. The number of nitrogens with zero attached hydrogens (tertiary/aromatic N) is 1. The first-order valence-corrected chi connectivity index (χ1v) is 12.8. The fourth-order valence-electron chi connectivity index (χ4n) is 4.62. The molecule has 7 heteroatoms. The van der Waals surface area contributed by atoms with Crippen LogP contribution >= 0.6 is 0 Å². The zero-order chi connectivity index (χ0) is 27.9. The normalized spacial score (nSPS) is 13.6. The molecule has 0 aliphatic carbocycles. The molecule has 3 aromatic rings. The Morgan fingerprint density at radius 3 is 2.33 bits per heavy atom. The summed E-state index contributed by atoms with van der Waals surface area (Å²) in [6.45, 7) is 3.68. The molecule has 0 fully saturated rings. The molecule has 3 aromatic carbocycles. The first kappa shape index (κ1) is 27.7. The standard InChI is InChI=1S/C32H34N2O5/c1-21-8-6-10-24(18-21)32(36)33-25-11-7-9-23(19-25)27(35)13-12-26-28(37-3)20-29(38-4)30(31(26)39-5)22-14-16-34(2)17-15-22/h6-14,18-20H,15-17H2,1-5H3,(H,33,36)/b13-12+. The van der Waals surface area contributed by atoms with Gasteiger partial charge in [-0.3, -0.25) is 9.59 Å². The number of methoxy groups -OCH3 is 3. The van der Waals surface area contributed by atoms with Crippen molar-refractivity contribution in [3.63, 3.8) is 0 Å². The van der Waals surface area contributed by atoms with E-state index in [1.165, 1.54) is 6.08 Å². The van der Waals surface area contributed by atoms with E-state index in [9.17, 15) is 9.59 Å². The van der Waals surface area contributed by atoms with Gasteiger partial charge in [-0.1, -0.05) is 35.9 Å². The van der Waals surface area contributed by atoms with Crippen molar-refractivity contribution < 1.29 is 23.8 Å². The molecule has 39 heavy (non-hydrogen) atoms. The van der Waals surface area contributed by atoms with E-state index in [2.05, 4.69) is 23.3 Å². The Labute approximate surface area is 229 Å². The number of amides is 1. The molecule has 0 unspecified atom stereocenters. The zero-order valence-corrected chi connectivity index (χ0v) is 23.0. The second-order valence-electron chi connectivity index (χ2n) is 9.45. The van der Waals surface area contributed by atoms with Gasteiger partial charge in [-0.25, -0.2) is 0 Å². The number of ether oxygens (including phenoxy) is 3. The lowest BCUT2D eigenvalue weighted by Crippen LogP contribution is -2.24. The number of anilines is 1. The fraction of sp³-hybridized carbons (Fsp3) is 0.250. The van der Waals surface area contributed by atoms with Gasteiger partial charge in [0, 0.05) is 36.0 Å². The van der Waals surface area contributed by atoms with Gasteiger partial charge >= 0.3 is 0 Å². The monoisotopic (exact) mass is 526 g/mol. The number of aryl methyl sites for hydroxylation is 1. The van der Waals surface area contributed by atoms with Gasteiger partial charge in [-0.15, -0.1) is 0 Å². The average Bonchev–Trinajstić information content (AvgIpc) is 2.95. The van der Waals surface area contributed by atoms with Crippen molar-refractivity contribution in [2.75, 3.05) is 46.8 Å². The first-order valence-electron chi connectivity index (χ1n) is 12.8. The van der Waals surface area contributed by atoms with E-state index in [4.69, 9.17) is 14.2 Å². The van der Waals surface area contributed by atoms with Crippen LogP contribution in [0.5, 0.6) is 17.2 Å². The zero-order valence-electron chi connectivity index (χ0n) is 23.0. The minimum absolute atomic E-state index is 0.221. The molecule has 0 bridgehead atoms. The van der Waals surface area contributed by atoms with E-state index in [0.29, 0.717) is 39.6 Å². The van der Waals surface area contributed by atoms with E-state index < -0.39 is 0 Å². The van der Waals surface area contributed by atoms with Crippen molar-refractivity contribution in [3.05, 3.63) is 94.6 Å². The highest BCUT2D eigenvalue weighted by Crippen LogP contribution is 2.45. The van der Waals surface area contributed by atoms with Crippen LogP contribution in [0.3, 0.4) is 0 Å². The summed E-state index contributed by atoms with van der Waals surface area (Å²) < 4.78 is 17.2. The molecule has 0 saturated carbocycles. The summed E-state index contributed by atoms with van der Waals surface area (Å²) in [4.78, 5) is 28.1. The summed E-state index contributed by atoms with van der Waals surface area (Å²) in [5.74, 6) is 1.32. The number of nitrogens with one attached hydrogen (secondary N) is 1. The van der Waals surface area contributed by atoms with Crippen LogP contribution < -0.4 is 19.5 Å². The maximum Gasteiger partial charge on any atom is 0.255 e. The molecule has 7 nitrogen and oxygen atoms in total. The van der Waals surface area contributed by atoms with Crippen molar-refractivity contribution in [2.45, 2.75) is 13.3 Å². The molecule has 0 radical (unpaired) electrons. The molecule has 0 atom stereocenters. The highest BCUT2D eigenvalue weighted by Gasteiger charge is 2.23. The number of ketones is 1. The minimum atomic E-state index is -0.234. The number of benzene rings is 3. The summed E-state index contributed by atoms with van der Waals surface area (Å²) in [6.07, 6.45) is 6.21. The number of allylic oxidation sites excluding steroid dienone is 1. The Bertz CT molecular complexity index is 1440. The average molecular weight is 527 g/mol. The molecule has 1 aliphatic rings. The highest BCUT2D eigenvalue weighted by molar-refractivity contribution is 6.09.